The van der Waals surface area contributed by atoms with E-state index in [0.29, 0.717) is 16.6 Å². The normalized spacial score (nSPS) is 11.9. The highest BCUT2D eigenvalue weighted by Gasteiger charge is 2.33. The van der Waals surface area contributed by atoms with Crippen LogP contribution in [0.25, 0.3) is 11.0 Å². The molecule has 1 N–H and O–H groups in total. The number of carbonyl (C=O) groups excluding carboxylic acids is 2. The van der Waals surface area contributed by atoms with E-state index < -0.39 is 29.5 Å². The Hall–Kier alpha value is -4.18. The second-order valence-electron chi connectivity index (χ2n) is 7.71. The molecule has 0 saturated heterocycles. The van der Waals surface area contributed by atoms with Crippen molar-refractivity contribution < 1.29 is 23.1 Å². The van der Waals surface area contributed by atoms with E-state index >= 15 is 0 Å². The van der Waals surface area contributed by atoms with E-state index in [1.54, 1.807) is 18.2 Å². The van der Waals surface area contributed by atoms with E-state index in [4.69, 9.17) is 4.74 Å². The Bertz CT molecular complexity index is 1310. The molecule has 1 heterocycles. The van der Waals surface area contributed by atoms with Crippen molar-refractivity contribution in [2.45, 2.75) is 12.6 Å². The lowest BCUT2D eigenvalue weighted by Gasteiger charge is -2.31. The average molecular weight is 479 g/mol. The summed E-state index contributed by atoms with van der Waals surface area (Å²) in [5.41, 5.74) is 1.92. The van der Waals surface area contributed by atoms with Gasteiger partial charge in [-0.05, 0) is 54.1 Å². The van der Waals surface area contributed by atoms with Crippen molar-refractivity contribution in [1.82, 2.24) is 20.3 Å². The fourth-order valence-corrected chi connectivity index (χ4v) is 3.71. The van der Waals surface area contributed by atoms with Gasteiger partial charge in [-0.15, -0.1) is 5.10 Å². The molecule has 8 nitrogen and oxygen atoms in total. The van der Waals surface area contributed by atoms with Crippen LogP contribution in [0.1, 0.15) is 11.6 Å². The van der Waals surface area contributed by atoms with Crippen LogP contribution in [0.3, 0.4) is 0 Å². The first-order valence-corrected chi connectivity index (χ1v) is 10.9. The second kappa shape index (κ2) is 10.8. The maximum absolute atomic E-state index is 13.7. The molecule has 0 bridgehead atoms. The highest BCUT2D eigenvalue weighted by Crippen LogP contribution is 2.29. The van der Waals surface area contributed by atoms with Gasteiger partial charge in [-0.2, -0.15) is 0 Å². The summed E-state index contributed by atoms with van der Waals surface area (Å²) in [5, 5.41) is 10.9. The van der Waals surface area contributed by atoms with Crippen molar-refractivity contribution in [3.63, 3.8) is 0 Å². The monoisotopic (exact) mass is 479 g/mol. The minimum atomic E-state index is -1.17. The molecule has 0 aliphatic rings. The first-order chi connectivity index (χ1) is 17.0. The van der Waals surface area contributed by atoms with Crippen LogP contribution in [0.15, 0.2) is 72.8 Å². The first kappa shape index (κ1) is 24.0. The number of para-hydroxylation sites is 1. The Balaban J connectivity index is 1.76. The van der Waals surface area contributed by atoms with Gasteiger partial charge < -0.3 is 10.1 Å². The number of ether oxygens (including phenoxy) is 1. The quantitative estimate of drug-likeness (QED) is 0.373. The van der Waals surface area contributed by atoms with Crippen LogP contribution in [-0.2, 0) is 20.9 Å². The topological polar surface area (TPSA) is 89.4 Å². The summed E-state index contributed by atoms with van der Waals surface area (Å²) in [6.07, 6.45) is 0. The van der Waals surface area contributed by atoms with Gasteiger partial charge in [0.1, 0.15) is 29.7 Å². The molecule has 180 valence electrons. The summed E-state index contributed by atoms with van der Waals surface area (Å²) < 4.78 is 33.8. The van der Waals surface area contributed by atoms with Gasteiger partial charge in [0, 0.05) is 19.3 Å². The highest BCUT2D eigenvalue weighted by atomic mass is 19.1. The SMILES string of the molecule is COCCNC(=O)C(c1ccc(F)cc1)N(C(=O)Cn1nnc2ccccc21)c1ccc(F)cc1. The molecule has 0 spiro atoms. The van der Waals surface area contributed by atoms with Gasteiger partial charge in [0.15, 0.2) is 0 Å². The first-order valence-electron chi connectivity index (χ1n) is 10.9. The van der Waals surface area contributed by atoms with Gasteiger partial charge in [0.2, 0.25) is 11.8 Å². The van der Waals surface area contributed by atoms with Crippen molar-refractivity contribution in [1.29, 1.82) is 0 Å². The van der Waals surface area contributed by atoms with Gasteiger partial charge >= 0.3 is 0 Å². The Morgan fingerprint density at radius 1 is 1.00 bits per heavy atom. The average Bonchev–Trinajstić information content (AvgIpc) is 3.27. The van der Waals surface area contributed by atoms with Crippen molar-refractivity contribution in [3.05, 3.63) is 90.0 Å². The molecule has 1 unspecified atom stereocenters. The molecule has 0 saturated carbocycles. The van der Waals surface area contributed by atoms with Crippen molar-refractivity contribution >= 4 is 28.5 Å². The maximum Gasteiger partial charge on any atom is 0.249 e. The number of hydrogen-bond acceptors (Lipinski definition) is 5. The van der Waals surface area contributed by atoms with Crippen LogP contribution < -0.4 is 10.2 Å². The third-order valence-corrected chi connectivity index (χ3v) is 5.38. The van der Waals surface area contributed by atoms with Gasteiger partial charge in [0.25, 0.3) is 0 Å². The zero-order valence-corrected chi connectivity index (χ0v) is 18.9. The molecule has 1 atom stereocenters. The third kappa shape index (κ3) is 5.49. The van der Waals surface area contributed by atoms with Crippen LogP contribution in [0.4, 0.5) is 14.5 Å². The number of benzene rings is 3. The predicted molar refractivity (Wildman–Crippen MR) is 125 cm³/mol. The minimum absolute atomic E-state index is 0.201. The molecule has 1 aromatic heterocycles. The zero-order chi connectivity index (χ0) is 24.8. The summed E-state index contributed by atoms with van der Waals surface area (Å²) in [4.78, 5) is 28.3. The Morgan fingerprint density at radius 2 is 1.66 bits per heavy atom. The van der Waals surface area contributed by atoms with Crippen LogP contribution in [0, 0.1) is 11.6 Å². The molecule has 4 rings (SSSR count). The van der Waals surface area contributed by atoms with E-state index in [9.17, 15) is 18.4 Å². The molecule has 0 aliphatic carbocycles. The Morgan fingerprint density at radius 3 is 2.34 bits per heavy atom. The van der Waals surface area contributed by atoms with Crippen molar-refractivity contribution in [3.8, 4) is 0 Å². The molecule has 2 amide bonds. The summed E-state index contributed by atoms with van der Waals surface area (Å²) in [6.45, 7) is 0.227. The highest BCUT2D eigenvalue weighted by molar-refractivity contribution is 6.01. The summed E-state index contributed by atoms with van der Waals surface area (Å²) in [5.74, 6) is -1.98. The molecular formula is C25H23F2N5O3. The fraction of sp³-hybridized carbons (Fsp3) is 0.200. The van der Waals surface area contributed by atoms with Gasteiger partial charge in [-0.3, -0.25) is 14.5 Å². The van der Waals surface area contributed by atoms with E-state index in [1.807, 2.05) is 6.07 Å². The number of carbonyl (C=O) groups is 2. The predicted octanol–water partition coefficient (Wildman–Crippen LogP) is 3.25. The molecule has 0 fully saturated rings. The number of aromatic nitrogens is 3. The molecule has 0 radical (unpaired) electrons. The molecular weight excluding hydrogens is 456 g/mol. The minimum Gasteiger partial charge on any atom is -0.383 e. The molecule has 3 aromatic carbocycles. The molecule has 4 aromatic rings. The van der Waals surface area contributed by atoms with E-state index in [2.05, 4.69) is 15.6 Å². The summed E-state index contributed by atoms with van der Waals surface area (Å²) in [7, 11) is 1.50. The number of halogens is 2. The number of fused-ring (bicyclic) bond motifs is 1. The third-order valence-electron chi connectivity index (χ3n) is 5.38. The van der Waals surface area contributed by atoms with Crippen molar-refractivity contribution in [2.24, 2.45) is 0 Å². The number of hydrogen-bond donors (Lipinski definition) is 1. The molecule has 35 heavy (non-hydrogen) atoms. The number of nitrogens with zero attached hydrogens (tertiary/aromatic N) is 4. The largest absolute Gasteiger partial charge is 0.383 e. The van der Waals surface area contributed by atoms with Gasteiger partial charge in [-0.25, -0.2) is 13.5 Å². The number of rotatable bonds is 9. The number of methoxy groups -OCH3 is 1. The summed E-state index contributed by atoms with van der Waals surface area (Å²) >= 11 is 0. The molecule has 10 heteroatoms. The zero-order valence-electron chi connectivity index (χ0n) is 18.9. The van der Waals surface area contributed by atoms with Crippen LogP contribution in [-0.4, -0.2) is 47.1 Å². The number of amides is 2. The Kier molecular flexibility index (Phi) is 7.41. The standard InChI is InChI=1S/C25H23F2N5O3/c1-35-15-14-28-25(34)24(17-6-8-18(26)9-7-17)32(20-12-10-19(27)11-13-20)23(33)16-31-22-5-3-2-4-21(22)29-30-31/h2-13,24H,14-16H2,1H3,(H,28,34). The van der Waals surface area contributed by atoms with E-state index in [-0.39, 0.29) is 25.4 Å². The van der Waals surface area contributed by atoms with Gasteiger partial charge in [0.05, 0.1) is 12.1 Å². The Labute approximate surface area is 200 Å². The lowest BCUT2D eigenvalue weighted by Crippen LogP contribution is -2.46. The maximum atomic E-state index is 13.7. The number of anilines is 1. The summed E-state index contributed by atoms with van der Waals surface area (Å²) in [6, 6.07) is 16.5. The van der Waals surface area contributed by atoms with Crippen LogP contribution >= 0.6 is 0 Å². The van der Waals surface area contributed by atoms with Gasteiger partial charge in [-0.1, -0.05) is 29.5 Å². The lowest BCUT2D eigenvalue weighted by molar-refractivity contribution is -0.127. The van der Waals surface area contributed by atoms with Crippen LogP contribution in [0.5, 0.6) is 0 Å². The second-order valence-corrected chi connectivity index (χ2v) is 7.71. The van der Waals surface area contributed by atoms with Crippen LogP contribution in [0.2, 0.25) is 0 Å². The van der Waals surface area contributed by atoms with Crippen molar-refractivity contribution in [2.75, 3.05) is 25.2 Å². The van der Waals surface area contributed by atoms with E-state index in [0.717, 1.165) is 0 Å². The lowest BCUT2D eigenvalue weighted by atomic mass is 10.0. The van der Waals surface area contributed by atoms with E-state index in [1.165, 1.54) is 65.2 Å². The number of nitrogens with one attached hydrogen (secondary N) is 1. The fourth-order valence-electron chi connectivity index (χ4n) is 3.71. The smallest absolute Gasteiger partial charge is 0.249 e. The molecule has 0 aliphatic heterocycles.